The van der Waals surface area contributed by atoms with Crippen molar-refractivity contribution in [3.8, 4) is 0 Å². The Morgan fingerprint density at radius 3 is 2.37 bits per heavy atom. The summed E-state index contributed by atoms with van der Waals surface area (Å²) < 4.78 is 17.7. The van der Waals surface area contributed by atoms with Crippen molar-refractivity contribution in [2.75, 3.05) is 18.5 Å². The molecule has 1 aliphatic rings. The number of anilines is 1. The van der Waals surface area contributed by atoms with Crippen molar-refractivity contribution in [1.29, 1.82) is 0 Å². The number of urea groups is 1. The quantitative estimate of drug-likeness (QED) is 0.557. The molecule has 1 atom stereocenters. The van der Waals surface area contributed by atoms with Crippen LogP contribution in [-0.4, -0.2) is 41.9 Å². The molecule has 3 rings (SSSR count). The molecular formula is C21H20FN3O5. The Balaban J connectivity index is 1.56. The molecule has 1 fully saturated rings. The van der Waals surface area contributed by atoms with Crippen molar-refractivity contribution in [2.45, 2.75) is 19.4 Å². The lowest BCUT2D eigenvalue weighted by atomic mass is 9.91. The number of benzene rings is 2. The number of ether oxygens (including phenoxy) is 1. The largest absolute Gasteiger partial charge is 0.454 e. The average Bonchev–Trinajstić information content (AvgIpc) is 2.92. The minimum atomic E-state index is -1.30. The molecule has 0 aromatic heterocycles. The van der Waals surface area contributed by atoms with E-state index in [9.17, 15) is 23.6 Å². The first-order valence-electron chi connectivity index (χ1n) is 9.11. The number of imide groups is 1. The van der Waals surface area contributed by atoms with E-state index in [0.29, 0.717) is 11.3 Å². The predicted octanol–water partition coefficient (Wildman–Crippen LogP) is 2.08. The molecule has 0 spiro atoms. The van der Waals surface area contributed by atoms with Crippen LogP contribution in [0.5, 0.6) is 0 Å². The van der Waals surface area contributed by atoms with Crippen LogP contribution in [0.25, 0.3) is 0 Å². The molecule has 2 aromatic rings. The van der Waals surface area contributed by atoms with Gasteiger partial charge in [0.05, 0.1) is 0 Å². The number of aryl methyl sites for hydroxylation is 1. The number of hydrogen-bond acceptors (Lipinski definition) is 5. The van der Waals surface area contributed by atoms with Gasteiger partial charge in [0.15, 0.2) is 6.61 Å². The first kappa shape index (κ1) is 21.0. The second-order valence-electron chi connectivity index (χ2n) is 7.03. The first-order chi connectivity index (χ1) is 14.2. The molecule has 0 unspecified atom stereocenters. The normalized spacial score (nSPS) is 18.2. The van der Waals surface area contributed by atoms with Crippen molar-refractivity contribution >= 4 is 29.5 Å². The topological polar surface area (TPSA) is 105 Å². The Kier molecular flexibility index (Phi) is 5.81. The summed E-state index contributed by atoms with van der Waals surface area (Å²) >= 11 is 0. The van der Waals surface area contributed by atoms with Crippen LogP contribution in [0.1, 0.15) is 18.1 Å². The highest BCUT2D eigenvalue weighted by atomic mass is 19.1. The molecule has 9 heteroatoms. The third-order valence-corrected chi connectivity index (χ3v) is 4.68. The number of nitrogens with one attached hydrogen (secondary N) is 2. The summed E-state index contributed by atoms with van der Waals surface area (Å²) in [5.41, 5.74) is 0.616. The molecule has 0 radical (unpaired) electrons. The van der Waals surface area contributed by atoms with Crippen LogP contribution in [0.2, 0.25) is 0 Å². The zero-order valence-electron chi connectivity index (χ0n) is 16.4. The van der Waals surface area contributed by atoms with Crippen molar-refractivity contribution in [3.63, 3.8) is 0 Å². The standard InChI is InChI=1S/C21H20FN3O5/c1-13-3-5-14(6-4-13)21(2)19(28)25(20(29)24-21)11-18(27)30-12-17(26)23-16-9-7-15(22)8-10-16/h3-10H,11-12H2,1-2H3,(H,23,26)(H,24,29)/t21-/m0/s1. The molecule has 1 aliphatic heterocycles. The van der Waals surface area contributed by atoms with Gasteiger partial charge in [0.2, 0.25) is 0 Å². The molecule has 156 valence electrons. The lowest BCUT2D eigenvalue weighted by Crippen LogP contribution is -2.41. The van der Waals surface area contributed by atoms with Gasteiger partial charge in [-0.2, -0.15) is 0 Å². The fraction of sp³-hybridized carbons (Fsp3) is 0.238. The number of rotatable bonds is 6. The van der Waals surface area contributed by atoms with Gasteiger partial charge in [-0.3, -0.25) is 19.3 Å². The number of amides is 4. The van der Waals surface area contributed by atoms with Gasteiger partial charge in [0, 0.05) is 5.69 Å². The van der Waals surface area contributed by atoms with Crippen molar-refractivity contribution in [1.82, 2.24) is 10.2 Å². The smallest absolute Gasteiger partial charge is 0.326 e. The molecule has 1 heterocycles. The summed E-state index contributed by atoms with van der Waals surface area (Å²) in [6.45, 7) is 2.21. The second kappa shape index (κ2) is 8.32. The maximum Gasteiger partial charge on any atom is 0.326 e. The predicted molar refractivity (Wildman–Crippen MR) is 105 cm³/mol. The number of hydrogen-bond donors (Lipinski definition) is 2. The number of esters is 1. The summed E-state index contributed by atoms with van der Waals surface area (Å²) in [4.78, 5) is 49.7. The average molecular weight is 413 g/mol. The van der Waals surface area contributed by atoms with Gasteiger partial charge < -0.3 is 15.4 Å². The van der Waals surface area contributed by atoms with E-state index < -0.39 is 48.3 Å². The highest BCUT2D eigenvalue weighted by Gasteiger charge is 2.49. The molecule has 0 aliphatic carbocycles. The summed E-state index contributed by atoms with van der Waals surface area (Å²) in [5.74, 6) is -2.60. The van der Waals surface area contributed by atoms with Crippen LogP contribution in [0.4, 0.5) is 14.9 Å². The third kappa shape index (κ3) is 4.45. The van der Waals surface area contributed by atoms with Crippen LogP contribution in [0.15, 0.2) is 48.5 Å². The van der Waals surface area contributed by atoms with E-state index in [4.69, 9.17) is 4.74 Å². The Morgan fingerprint density at radius 1 is 1.10 bits per heavy atom. The summed E-state index contributed by atoms with van der Waals surface area (Å²) in [5, 5.41) is 5.03. The molecule has 2 N–H and O–H groups in total. The second-order valence-corrected chi connectivity index (χ2v) is 7.03. The SMILES string of the molecule is Cc1ccc([C@]2(C)NC(=O)N(CC(=O)OCC(=O)Nc3ccc(F)cc3)C2=O)cc1. The van der Waals surface area contributed by atoms with E-state index in [2.05, 4.69) is 10.6 Å². The fourth-order valence-electron chi connectivity index (χ4n) is 2.97. The molecular weight excluding hydrogens is 393 g/mol. The van der Waals surface area contributed by atoms with Gasteiger partial charge in [-0.1, -0.05) is 29.8 Å². The number of carbonyl (C=O) groups is 4. The molecule has 4 amide bonds. The van der Waals surface area contributed by atoms with E-state index in [-0.39, 0.29) is 0 Å². The van der Waals surface area contributed by atoms with E-state index >= 15 is 0 Å². The molecule has 2 aromatic carbocycles. The van der Waals surface area contributed by atoms with Gasteiger partial charge in [0.25, 0.3) is 11.8 Å². The highest BCUT2D eigenvalue weighted by Crippen LogP contribution is 2.28. The van der Waals surface area contributed by atoms with Crippen LogP contribution in [0.3, 0.4) is 0 Å². The van der Waals surface area contributed by atoms with E-state index in [1.807, 2.05) is 19.1 Å². The summed E-state index contributed by atoms with van der Waals surface area (Å²) in [7, 11) is 0. The summed E-state index contributed by atoms with van der Waals surface area (Å²) in [6.07, 6.45) is 0. The van der Waals surface area contributed by atoms with Crippen molar-refractivity contribution < 1.29 is 28.3 Å². The summed E-state index contributed by atoms with van der Waals surface area (Å²) in [6, 6.07) is 11.4. The maximum atomic E-state index is 12.9. The molecule has 0 saturated carbocycles. The lowest BCUT2D eigenvalue weighted by Gasteiger charge is -2.22. The van der Waals surface area contributed by atoms with E-state index in [0.717, 1.165) is 10.5 Å². The molecule has 0 bridgehead atoms. The van der Waals surface area contributed by atoms with Crippen molar-refractivity contribution in [2.24, 2.45) is 0 Å². The maximum absolute atomic E-state index is 12.9. The van der Waals surface area contributed by atoms with E-state index in [1.54, 1.807) is 19.1 Å². The van der Waals surface area contributed by atoms with Crippen LogP contribution >= 0.6 is 0 Å². The highest BCUT2D eigenvalue weighted by molar-refractivity contribution is 6.09. The van der Waals surface area contributed by atoms with Crippen LogP contribution in [0, 0.1) is 12.7 Å². The van der Waals surface area contributed by atoms with Gasteiger partial charge in [-0.15, -0.1) is 0 Å². The van der Waals surface area contributed by atoms with Gasteiger partial charge in [-0.05, 0) is 43.7 Å². The van der Waals surface area contributed by atoms with Gasteiger partial charge in [-0.25, -0.2) is 9.18 Å². The Morgan fingerprint density at radius 2 is 1.73 bits per heavy atom. The third-order valence-electron chi connectivity index (χ3n) is 4.68. The minimum Gasteiger partial charge on any atom is -0.454 e. The zero-order chi connectivity index (χ0) is 21.9. The monoisotopic (exact) mass is 413 g/mol. The van der Waals surface area contributed by atoms with Crippen LogP contribution in [-0.2, 0) is 24.7 Å². The van der Waals surface area contributed by atoms with Gasteiger partial charge >= 0.3 is 12.0 Å². The fourth-order valence-corrected chi connectivity index (χ4v) is 2.97. The van der Waals surface area contributed by atoms with Crippen LogP contribution < -0.4 is 10.6 Å². The van der Waals surface area contributed by atoms with Gasteiger partial charge in [0.1, 0.15) is 17.9 Å². The number of halogens is 1. The Bertz CT molecular complexity index is 991. The Hall–Kier alpha value is -3.75. The van der Waals surface area contributed by atoms with Crippen molar-refractivity contribution in [3.05, 3.63) is 65.5 Å². The first-order valence-corrected chi connectivity index (χ1v) is 9.11. The molecule has 1 saturated heterocycles. The zero-order valence-corrected chi connectivity index (χ0v) is 16.4. The lowest BCUT2D eigenvalue weighted by molar-refractivity contribution is -0.150. The van der Waals surface area contributed by atoms with E-state index in [1.165, 1.54) is 24.3 Å². The minimum absolute atomic E-state index is 0.334. The number of nitrogens with zero attached hydrogens (tertiary/aromatic N) is 1. The Labute approximate surface area is 172 Å². The molecule has 30 heavy (non-hydrogen) atoms. The molecule has 8 nitrogen and oxygen atoms in total. The number of carbonyl (C=O) groups excluding carboxylic acids is 4.